The fraction of sp³-hybridized carbons (Fsp3) is 0.357. The Kier molecular flexibility index (Phi) is 5.71. The van der Waals surface area contributed by atoms with Gasteiger partial charge in [-0.1, -0.05) is 18.1 Å². The Labute approximate surface area is 112 Å². The first-order valence-electron chi connectivity index (χ1n) is 5.89. The van der Waals surface area contributed by atoms with Gasteiger partial charge < -0.3 is 14.9 Å². The van der Waals surface area contributed by atoms with E-state index in [0.717, 1.165) is 0 Å². The maximum Gasteiger partial charge on any atom is 0.317 e. The normalized spacial score (nSPS) is 10.2. The molecule has 0 atom stereocenters. The average molecular weight is 263 g/mol. The van der Waals surface area contributed by atoms with Gasteiger partial charge in [0.1, 0.15) is 0 Å². The van der Waals surface area contributed by atoms with Crippen molar-refractivity contribution in [3.63, 3.8) is 0 Å². The number of phenolic OH excluding ortho intramolecular Hbond substituents is 1. The minimum Gasteiger partial charge on any atom is -0.504 e. The van der Waals surface area contributed by atoms with Crippen molar-refractivity contribution < 1.29 is 19.7 Å². The van der Waals surface area contributed by atoms with Gasteiger partial charge in [-0.25, -0.2) is 0 Å². The highest BCUT2D eigenvalue weighted by molar-refractivity contribution is 5.69. The first kappa shape index (κ1) is 14.9. The summed E-state index contributed by atoms with van der Waals surface area (Å²) in [5.74, 6) is 1.85. The van der Waals surface area contributed by atoms with Crippen molar-refractivity contribution in [1.82, 2.24) is 4.90 Å². The topological polar surface area (TPSA) is 70.0 Å². The van der Waals surface area contributed by atoms with E-state index in [2.05, 4.69) is 5.92 Å². The third kappa shape index (κ3) is 4.53. The molecular formula is C14H17NO4. The molecule has 0 fully saturated rings. The van der Waals surface area contributed by atoms with E-state index in [1.54, 1.807) is 23.1 Å². The number of aliphatic carboxylic acids is 1. The number of carboxylic acids is 1. The van der Waals surface area contributed by atoms with Crippen molar-refractivity contribution in [2.75, 3.05) is 19.7 Å². The van der Waals surface area contributed by atoms with Crippen LogP contribution in [0.1, 0.15) is 12.5 Å². The molecule has 0 spiro atoms. The summed E-state index contributed by atoms with van der Waals surface area (Å²) in [6.07, 6.45) is 5.20. The van der Waals surface area contributed by atoms with Crippen LogP contribution in [0, 0.1) is 12.3 Å². The number of hydrogen-bond donors (Lipinski definition) is 2. The second-order valence-electron chi connectivity index (χ2n) is 3.94. The van der Waals surface area contributed by atoms with E-state index in [1.807, 2.05) is 6.92 Å². The van der Waals surface area contributed by atoms with Gasteiger partial charge in [0.15, 0.2) is 11.5 Å². The van der Waals surface area contributed by atoms with Crippen LogP contribution in [0.5, 0.6) is 11.5 Å². The number of aromatic hydroxyl groups is 1. The fourth-order valence-corrected chi connectivity index (χ4v) is 1.70. The van der Waals surface area contributed by atoms with Gasteiger partial charge in [-0.3, -0.25) is 9.69 Å². The highest BCUT2D eigenvalue weighted by Gasteiger charge is 2.14. The third-order valence-electron chi connectivity index (χ3n) is 2.45. The summed E-state index contributed by atoms with van der Waals surface area (Å²) < 4.78 is 5.27. The number of nitrogens with zero attached hydrogens (tertiary/aromatic N) is 1. The molecular weight excluding hydrogens is 246 g/mol. The van der Waals surface area contributed by atoms with Crippen LogP contribution in [-0.4, -0.2) is 40.8 Å². The predicted molar refractivity (Wildman–Crippen MR) is 71.0 cm³/mol. The molecule has 0 aromatic heterocycles. The van der Waals surface area contributed by atoms with Gasteiger partial charge in [-0.15, -0.1) is 6.42 Å². The van der Waals surface area contributed by atoms with Crippen molar-refractivity contribution in [1.29, 1.82) is 0 Å². The van der Waals surface area contributed by atoms with E-state index < -0.39 is 5.97 Å². The van der Waals surface area contributed by atoms with E-state index in [1.165, 1.54) is 0 Å². The Morgan fingerprint density at radius 2 is 2.26 bits per heavy atom. The van der Waals surface area contributed by atoms with Crippen LogP contribution in [0.15, 0.2) is 18.2 Å². The largest absolute Gasteiger partial charge is 0.504 e. The summed E-state index contributed by atoms with van der Waals surface area (Å²) >= 11 is 0. The van der Waals surface area contributed by atoms with E-state index in [4.69, 9.17) is 16.3 Å². The van der Waals surface area contributed by atoms with E-state index in [0.29, 0.717) is 17.9 Å². The summed E-state index contributed by atoms with van der Waals surface area (Å²) in [5.41, 5.74) is 0.586. The summed E-state index contributed by atoms with van der Waals surface area (Å²) in [6, 6.07) is 5.11. The standard InChI is InChI=1S/C14H17NO4/c1-3-8-15(10-13(16)17)9-11-6-5-7-12(14(11)18)19-4-2/h1,5-7,18H,4,8-10H2,2H3,(H,16,17). The summed E-state index contributed by atoms with van der Waals surface area (Å²) in [6.45, 7) is 2.54. The van der Waals surface area contributed by atoms with Crippen LogP contribution >= 0.6 is 0 Å². The minimum atomic E-state index is -0.962. The number of hydrogen-bond acceptors (Lipinski definition) is 4. The van der Waals surface area contributed by atoms with Crippen LogP contribution in [0.2, 0.25) is 0 Å². The molecule has 19 heavy (non-hydrogen) atoms. The Morgan fingerprint density at radius 3 is 2.84 bits per heavy atom. The molecule has 0 amide bonds. The molecule has 0 aliphatic carbocycles. The number of phenols is 1. The quantitative estimate of drug-likeness (QED) is 0.726. The predicted octanol–water partition coefficient (Wildman–Crippen LogP) is 1.31. The van der Waals surface area contributed by atoms with Gasteiger partial charge in [-0.05, 0) is 13.0 Å². The van der Waals surface area contributed by atoms with Gasteiger partial charge in [0.2, 0.25) is 0 Å². The van der Waals surface area contributed by atoms with Gasteiger partial charge >= 0.3 is 5.97 Å². The molecule has 5 heteroatoms. The third-order valence-corrected chi connectivity index (χ3v) is 2.45. The molecule has 0 saturated carbocycles. The lowest BCUT2D eigenvalue weighted by molar-refractivity contribution is -0.138. The summed E-state index contributed by atoms with van der Waals surface area (Å²) in [4.78, 5) is 12.3. The first-order chi connectivity index (χ1) is 9.08. The van der Waals surface area contributed by atoms with Crippen molar-refractivity contribution in [2.24, 2.45) is 0 Å². The molecule has 1 aromatic rings. The monoisotopic (exact) mass is 263 g/mol. The molecule has 0 bridgehead atoms. The lowest BCUT2D eigenvalue weighted by Gasteiger charge is -2.18. The average Bonchev–Trinajstić information content (AvgIpc) is 2.34. The molecule has 0 saturated heterocycles. The molecule has 1 rings (SSSR count). The van der Waals surface area contributed by atoms with Crippen LogP contribution in [-0.2, 0) is 11.3 Å². The van der Waals surface area contributed by atoms with E-state index in [9.17, 15) is 9.90 Å². The lowest BCUT2D eigenvalue weighted by Crippen LogP contribution is -2.29. The first-order valence-corrected chi connectivity index (χ1v) is 5.89. The highest BCUT2D eigenvalue weighted by atomic mass is 16.5. The molecule has 0 unspecified atom stereocenters. The number of ether oxygens (including phenoxy) is 1. The van der Waals surface area contributed by atoms with Crippen molar-refractivity contribution >= 4 is 5.97 Å². The number of para-hydroxylation sites is 1. The number of carboxylic acid groups (broad SMARTS) is 1. The molecule has 0 aliphatic rings. The minimum absolute atomic E-state index is 0.0248. The molecule has 5 nitrogen and oxygen atoms in total. The van der Waals surface area contributed by atoms with Crippen LogP contribution in [0.4, 0.5) is 0 Å². The Morgan fingerprint density at radius 1 is 1.53 bits per heavy atom. The van der Waals surface area contributed by atoms with Crippen LogP contribution in [0.3, 0.4) is 0 Å². The number of benzene rings is 1. The zero-order valence-electron chi connectivity index (χ0n) is 10.8. The maximum absolute atomic E-state index is 10.7. The Hall–Kier alpha value is -2.19. The molecule has 0 radical (unpaired) electrons. The number of rotatable bonds is 7. The Bertz CT molecular complexity index is 479. The van der Waals surface area contributed by atoms with Crippen molar-refractivity contribution in [3.8, 4) is 23.8 Å². The fourth-order valence-electron chi connectivity index (χ4n) is 1.70. The van der Waals surface area contributed by atoms with Crippen LogP contribution in [0.25, 0.3) is 0 Å². The molecule has 0 aliphatic heterocycles. The highest BCUT2D eigenvalue weighted by Crippen LogP contribution is 2.30. The zero-order chi connectivity index (χ0) is 14.3. The van der Waals surface area contributed by atoms with Crippen molar-refractivity contribution in [2.45, 2.75) is 13.5 Å². The van der Waals surface area contributed by atoms with Gasteiger partial charge in [0, 0.05) is 12.1 Å². The zero-order valence-corrected chi connectivity index (χ0v) is 10.8. The second-order valence-corrected chi connectivity index (χ2v) is 3.94. The summed E-state index contributed by atoms with van der Waals surface area (Å²) in [5, 5.41) is 18.8. The maximum atomic E-state index is 10.7. The van der Waals surface area contributed by atoms with Gasteiger partial charge in [0.05, 0.1) is 19.7 Å². The molecule has 1 aromatic carbocycles. The Balaban J connectivity index is 2.87. The SMILES string of the molecule is C#CCN(CC(=O)O)Cc1cccc(OCC)c1O. The summed E-state index contributed by atoms with van der Waals surface area (Å²) in [7, 11) is 0. The van der Waals surface area contributed by atoms with Gasteiger partial charge in [0.25, 0.3) is 0 Å². The molecule has 0 heterocycles. The smallest absolute Gasteiger partial charge is 0.317 e. The molecule has 102 valence electrons. The lowest BCUT2D eigenvalue weighted by atomic mass is 10.1. The van der Waals surface area contributed by atoms with E-state index in [-0.39, 0.29) is 25.4 Å². The van der Waals surface area contributed by atoms with Crippen LogP contribution < -0.4 is 4.74 Å². The van der Waals surface area contributed by atoms with Gasteiger partial charge in [-0.2, -0.15) is 0 Å². The number of carbonyl (C=O) groups is 1. The van der Waals surface area contributed by atoms with Crippen molar-refractivity contribution in [3.05, 3.63) is 23.8 Å². The number of terminal acetylenes is 1. The second kappa shape index (κ2) is 7.29. The molecule has 2 N–H and O–H groups in total. The van der Waals surface area contributed by atoms with E-state index >= 15 is 0 Å².